The van der Waals surface area contributed by atoms with E-state index in [0.29, 0.717) is 16.5 Å². The van der Waals surface area contributed by atoms with E-state index in [4.69, 9.17) is 4.42 Å². The van der Waals surface area contributed by atoms with Crippen LogP contribution in [0.25, 0.3) is 11.0 Å². The van der Waals surface area contributed by atoms with Gasteiger partial charge >= 0.3 is 5.63 Å². The molecule has 18 heavy (non-hydrogen) atoms. The number of phenols is 1. The summed E-state index contributed by atoms with van der Waals surface area (Å²) in [5.74, 6) is 0.164. The Morgan fingerprint density at radius 3 is 2.67 bits per heavy atom. The maximum atomic E-state index is 11.4. The SMILES string of the molecule is Cc1cc(=O)oc2c(C)c(O)c(C(Br)CBr)cc12. The van der Waals surface area contributed by atoms with Gasteiger partial charge < -0.3 is 9.52 Å². The van der Waals surface area contributed by atoms with Gasteiger partial charge in [-0.05, 0) is 25.5 Å². The molecular formula is C13H12Br2O3. The van der Waals surface area contributed by atoms with Crippen LogP contribution in [0, 0.1) is 13.8 Å². The molecule has 1 atom stereocenters. The number of aromatic hydroxyl groups is 1. The Kier molecular flexibility index (Phi) is 3.82. The molecule has 1 unspecified atom stereocenters. The first kappa shape index (κ1) is 13.6. The number of fused-ring (bicyclic) bond motifs is 1. The van der Waals surface area contributed by atoms with Gasteiger partial charge in [-0.15, -0.1) is 0 Å². The summed E-state index contributed by atoms with van der Waals surface area (Å²) in [6.07, 6.45) is 0. The molecular weight excluding hydrogens is 364 g/mol. The predicted molar refractivity (Wildman–Crippen MR) is 79.1 cm³/mol. The first-order valence-electron chi connectivity index (χ1n) is 5.42. The molecule has 2 aromatic rings. The molecule has 0 saturated carbocycles. The third-order valence-corrected chi connectivity index (χ3v) is 5.28. The standard InChI is InChI=1S/C13H12Br2O3/c1-6-3-11(16)18-13-7(2)12(17)9(4-8(6)13)10(15)5-14/h3-4,10,17H,5H2,1-2H3. The van der Waals surface area contributed by atoms with Gasteiger partial charge in [0.05, 0.1) is 4.83 Å². The van der Waals surface area contributed by atoms with Crippen molar-refractivity contribution < 1.29 is 9.52 Å². The number of rotatable bonds is 2. The van der Waals surface area contributed by atoms with E-state index in [0.717, 1.165) is 16.5 Å². The number of alkyl halides is 2. The summed E-state index contributed by atoms with van der Waals surface area (Å²) in [6, 6.07) is 3.32. The van der Waals surface area contributed by atoms with Crippen molar-refractivity contribution in [3.63, 3.8) is 0 Å². The average Bonchev–Trinajstić information content (AvgIpc) is 2.33. The van der Waals surface area contributed by atoms with Crippen LogP contribution in [0.4, 0.5) is 0 Å². The summed E-state index contributed by atoms with van der Waals surface area (Å²) in [5, 5.41) is 11.7. The molecule has 2 rings (SSSR count). The number of benzene rings is 1. The summed E-state index contributed by atoms with van der Waals surface area (Å²) in [7, 11) is 0. The van der Waals surface area contributed by atoms with Crippen LogP contribution in [-0.2, 0) is 0 Å². The highest BCUT2D eigenvalue weighted by Gasteiger charge is 2.18. The van der Waals surface area contributed by atoms with Crippen LogP contribution in [0.5, 0.6) is 5.75 Å². The Morgan fingerprint density at radius 1 is 1.39 bits per heavy atom. The average molecular weight is 376 g/mol. The van der Waals surface area contributed by atoms with Crippen LogP contribution in [0.15, 0.2) is 21.3 Å². The van der Waals surface area contributed by atoms with Crippen LogP contribution in [-0.4, -0.2) is 10.4 Å². The van der Waals surface area contributed by atoms with Crippen LogP contribution < -0.4 is 5.63 Å². The second kappa shape index (κ2) is 5.05. The minimum absolute atomic E-state index is 0.00641. The largest absolute Gasteiger partial charge is 0.507 e. The Balaban J connectivity index is 2.88. The fourth-order valence-corrected chi connectivity index (χ4v) is 2.64. The normalized spacial score (nSPS) is 12.9. The molecule has 0 aliphatic rings. The fourth-order valence-electron chi connectivity index (χ4n) is 1.95. The highest BCUT2D eigenvalue weighted by molar-refractivity contribution is 9.12. The van der Waals surface area contributed by atoms with E-state index in [2.05, 4.69) is 31.9 Å². The molecule has 5 heteroatoms. The molecule has 3 nitrogen and oxygen atoms in total. The van der Waals surface area contributed by atoms with Gasteiger partial charge in [0.1, 0.15) is 11.3 Å². The number of hydrogen-bond donors (Lipinski definition) is 1. The summed E-state index contributed by atoms with van der Waals surface area (Å²) >= 11 is 6.87. The second-order valence-electron chi connectivity index (χ2n) is 4.19. The van der Waals surface area contributed by atoms with Crippen molar-refractivity contribution >= 4 is 42.8 Å². The van der Waals surface area contributed by atoms with Gasteiger partial charge in [-0.1, -0.05) is 31.9 Å². The molecule has 0 radical (unpaired) electrons. The topological polar surface area (TPSA) is 50.4 Å². The summed E-state index contributed by atoms with van der Waals surface area (Å²) in [5.41, 5.74) is 2.28. The highest BCUT2D eigenvalue weighted by atomic mass is 79.9. The first-order chi connectivity index (χ1) is 8.45. The van der Waals surface area contributed by atoms with E-state index in [1.807, 2.05) is 13.0 Å². The molecule has 0 bridgehead atoms. The van der Waals surface area contributed by atoms with Gasteiger partial charge in [0, 0.05) is 27.9 Å². The molecule has 1 aromatic carbocycles. The molecule has 0 fully saturated rings. The number of aryl methyl sites for hydroxylation is 2. The highest BCUT2D eigenvalue weighted by Crippen LogP contribution is 2.38. The molecule has 0 saturated heterocycles. The van der Waals surface area contributed by atoms with Crippen LogP contribution in [0.1, 0.15) is 21.5 Å². The summed E-state index contributed by atoms with van der Waals surface area (Å²) < 4.78 is 5.18. The van der Waals surface area contributed by atoms with Crippen molar-refractivity contribution in [3.05, 3.63) is 39.2 Å². The predicted octanol–water partition coefficient (Wildman–Crippen LogP) is 3.95. The van der Waals surface area contributed by atoms with Gasteiger partial charge in [-0.3, -0.25) is 0 Å². The minimum Gasteiger partial charge on any atom is -0.507 e. The maximum absolute atomic E-state index is 11.4. The lowest BCUT2D eigenvalue weighted by atomic mass is 10.0. The Morgan fingerprint density at radius 2 is 2.06 bits per heavy atom. The summed E-state index contributed by atoms with van der Waals surface area (Å²) in [6.45, 7) is 3.61. The van der Waals surface area contributed by atoms with Crippen molar-refractivity contribution in [1.82, 2.24) is 0 Å². The van der Waals surface area contributed by atoms with Crippen LogP contribution in [0.2, 0.25) is 0 Å². The molecule has 1 heterocycles. The van der Waals surface area contributed by atoms with Crippen molar-refractivity contribution in [2.75, 3.05) is 5.33 Å². The quantitative estimate of drug-likeness (QED) is 0.638. The van der Waals surface area contributed by atoms with E-state index in [-0.39, 0.29) is 10.6 Å². The Bertz CT molecular complexity index is 661. The summed E-state index contributed by atoms with van der Waals surface area (Å²) in [4.78, 5) is 11.4. The zero-order chi connectivity index (χ0) is 13.4. The van der Waals surface area contributed by atoms with E-state index in [9.17, 15) is 9.90 Å². The van der Waals surface area contributed by atoms with Crippen molar-refractivity contribution in [1.29, 1.82) is 0 Å². The third-order valence-electron chi connectivity index (χ3n) is 2.95. The van der Waals surface area contributed by atoms with Crippen molar-refractivity contribution in [2.24, 2.45) is 0 Å². The third kappa shape index (κ3) is 2.21. The van der Waals surface area contributed by atoms with Crippen LogP contribution >= 0.6 is 31.9 Å². The lowest BCUT2D eigenvalue weighted by Gasteiger charge is -2.14. The number of hydrogen-bond acceptors (Lipinski definition) is 3. The number of phenolic OH excluding ortho intramolecular Hbond substituents is 1. The first-order valence-corrected chi connectivity index (χ1v) is 7.46. The Labute approximate surface area is 121 Å². The lowest BCUT2D eigenvalue weighted by Crippen LogP contribution is -2.01. The molecule has 1 aromatic heterocycles. The smallest absolute Gasteiger partial charge is 0.336 e. The minimum atomic E-state index is -0.397. The fraction of sp³-hybridized carbons (Fsp3) is 0.308. The Hall–Kier alpha value is -0.810. The molecule has 1 N–H and O–H groups in total. The zero-order valence-corrected chi connectivity index (χ0v) is 13.1. The van der Waals surface area contributed by atoms with E-state index in [1.54, 1.807) is 6.92 Å². The maximum Gasteiger partial charge on any atom is 0.336 e. The van der Waals surface area contributed by atoms with Gasteiger partial charge in [0.25, 0.3) is 0 Å². The molecule has 0 aliphatic heterocycles. The van der Waals surface area contributed by atoms with Crippen molar-refractivity contribution in [3.8, 4) is 5.75 Å². The van der Waals surface area contributed by atoms with E-state index in [1.165, 1.54) is 6.07 Å². The van der Waals surface area contributed by atoms with Crippen LogP contribution in [0.3, 0.4) is 0 Å². The van der Waals surface area contributed by atoms with Gasteiger partial charge in [0.15, 0.2) is 0 Å². The van der Waals surface area contributed by atoms with Gasteiger partial charge in [0.2, 0.25) is 0 Å². The zero-order valence-electron chi connectivity index (χ0n) is 9.96. The number of halogens is 2. The van der Waals surface area contributed by atoms with Crippen molar-refractivity contribution in [2.45, 2.75) is 18.7 Å². The monoisotopic (exact) mass is 374 g/mol. The van der Waals surface area contributed by atoms with Gasteiger partial charge in [-0.2, -0.15) is 0 Å². The molecule has 0 spiro atoms. The second-order valence-corrected chi connectivity index (χ2v) is 5.94. The van der Waals surface area contributed by atoms with Gasteiger partial charge in [-0.25, -0.2) is 4.79 Å². The molecule has 0 aliphatic carbocycles. The molecule has 0 amide bonds. The lowest BCUT2D eigenvalue weighted by molar-refractivity contribution is 0.462. The van der Waals surface area contributed by atoms with E-state index >= 15 is 0 Å². The molecule has 96 valence electrons. The van der Waals surface area contributed by atoms with E-state index < -0.39 is 5.63 Å².